The maximum atomic E-state index is 13.9. The minimum Gasteiger partial charge on any atom is -0.353 e. The van der Waals surface area contributed by atoms with E-state index in [0.29, 0.717) is 18.4 Å². The molecular weight excluding hydrogens is 331 g/mol. The summed E-state index contributed by atoms with van der Waals surface area (Å²) in [7, 11) is 3.90. The largest absolute Gasteiger partial charge is 0.353 e. The molecular formula is C17H20F3N5. The number of anilines is 3. The Morgan fingerprint density at radius 1 is 1.12 bits per heavy atom. The highest BCUT2D eigenvalue weighted by atomic mass is 19.2. The standard InChI is InChI=1S/C17H20F3N5/c1-25(2)8-7-21-17-22-13(10-3-4-10)9-14(24-17)23-16-12(19)6-5-11(18)15(16)20/h5-6,9-10H,3-4,7-8H2,1-2H3,(H2,21,22,23,24). The van der Waals surface area contributed by atoms with Crippen LogP contribution in [0.5, 0.6) is 0 Å². The van der Waals surface area contributed by atoms with Gasteiger partial charge in [-0.2, -0.15) is 4.98 Å². The average Bonchev–Trinajstić information content (AvgIpc) is 3.40. The molecule has 8 heteroatoms. The number of nitrogens with one attached hydrogen (secondary N) is 2. The predicted octanol–water partition coefficient (Wildman–Crippen LogP) is 3.49. The lowest BCUT2D eigenvalue weighted by Crippen LogP contribution is -2.21. The summed E-state index contributed by atoms with van der Waals surface area (Å²) < 4.78 is 41.1. The lowest BCUT2D eigenvalue weighted by Gasteiger charge is -2.13. The second-order valence-electron chi connectivity index (χ2n) is 6.35. The topological polar surface area (TPSA) is 53.1 Å². The summed E-state index contributed by atoms with van der Waals surface area (Å²) in [5, 5.41) is 5.65. The molecule has 2 N–H and O–H groups in total. The third-order valence-corrected chi connectivity index (χ3v) is 3.88. The smallest absolute Gasteiger partial charge is 0.224 e. The molecule has 1 aromatic carbocycles. The third kappa shape index (κ3) is 4.39. The fraction of sp³-hybridized carbons (Fsp3) is 0.412. The van der Waals surface area contributed by atoms with Gasteiger partial charge in [-0.3, -0.25) is 0 Å². The van der Waals surface area contributed by atoms with Crippen LogP contribution in [0.3, 0.4) is 0 Å². The van der Waals surface area contributed by atoms with E-state index in [4.69, 9.17) is 0 Å². The summed E-state index contributed by atoms with van der Waals surface area (Å²) in [6.45, 7) is 1.41. The van der Waals surface area contributed by atoms with Crippen LogP contribution in [-0.2, 0) is 0 Å². The van der Waals surface area contributed by atoms with Crippen LogP contribution in [0.15, 0.2) is 18.2 Å². The van der Waals surface area contributed by atoms with Gasteiger partial charge in [0.25, 0.3) is 0 Å². The molecule has 25 heavy (non-hydrogen) atoms. The lowest BCUT2D eigenvalue weighted by atomic mass is 10.2. The van der Waals surface area contributed by atoms with Gasteiger partial charge in [0.15, 0.2) is 11.6 Å². The molecule has 2 aromatic rings. The first-order valence-electron chi connectivity index (χ1n) is 8.12. The van der Waals surface area contributed by atoms with Gasteiger partial charge >= 0.3 is 0 Å². The minimum atomic E-state index is -1.27. The van der Waals surface area contributed by atoms with Gasteiger partial charge in [0.2, 0.25) is 5.95 Å². The summed E-state index contributed by atoms with van der Waals surface area (Å²) in [5.41, 5.74) is 0.252. The van der Waals surface area contributed by atoms with Crippen molar-refractivity contribution < 1.29 is 13.2 Å². The highest BCUT2D eigenvalue weighted by Crippen LogP contribution is 2.40. The van der Waals surface area contributed by atoms with E-state index in [2.05, 4.69) is 20.6 Å². The minimum absolute atomic E-state index is 0.229. The molecule has 1 aromatic heterocycles. The lowest BCUT2D eigenvalue weighted by molar-refractivity contribution is 0.425. The monoisotopic (exact) mass is 351 g/mol. The normalized spacial score (nSPS) is 14.0. The highest BCUT2D eigenvalue weighted by molar-refractivity contribution is 5.59. The van der Waals surface area contributed by atoms with E-state index in [1.54, 1.807) is 6.07 Å². The molecule has 0 saturated heterocycles. The summed E-state index contributed by atoms with van der Waals surface area (Å²) in [5.74, 6) is -2.33. The number of hydrogen-bond donors (Lipinski definition) is 2. The van der Waals surface area contributed by atoms with Crippen LogP contribution in [-0.4, -0.2) is 42.1 Å². The second-order valence-corrected chi connectivity index (χ2v) is 6.35. The fourth-order valence-electron chi connectivity index (χ4n) is 2.36. The Balaban J connectivity index is 1.85. The zero-order valence-electron chi connectivity index (χ0n) is 14.1. The number of rotatable bonds is 7. The van der Waals surface area contributed by atoms with Crippen LogP contribution < -0.4 is 10.6 Å². The zero-order chi connectivity index (χ0) is 18.0. The van der Waals surface area contributed by atoms with Crippen molar-refractivity contribution in [2.45, 2.75) is 18.8 Å². The number of aromatic nitrogens is 2. The number of benzene rings is 1. The van der Waals surface area contributed by atoms with Crippen molar-refractivity contribution in [3.63, 3.8) is 0 Å². The molecule has 0 unspecified atom stereocenters. The van der Waals surface area contributed by atoms with Crippen LogP contribution in [0.4, 0.5) is 30.6 Å². The Labute approximate surface area is 144 Å². The molecule has 0 aliphatic heterocycles. The third-order valence-electron chi connectivity index (χ3n) is 3.88. The average molecular weight is 351 g/mol. The first kappa shape index (κ1) is 17.5. The molecule has 134 valence electrons. The van der Waals surface area contributed by atoms with Crippen molar-refractivity contribution in [1.29, 1.82) is 0 Å². The molecule has 0 spiro atoms. The van der Waals surface area contributed by atoms with Gasteiger partial charge in [0.05, 0.1) is 5.69 Å². The number of nitrogens with zero attached hydrogens (tertiary/aromatic N) is 3. The van der Waals surface area contributed by atoms with Gasteiger partial charge < -0.3 is 15.5 Å². The number of hydrogen-bond acceptors (Lipinski definition) is 5. The second kappa shape index (κ2) is 7.26. The summed E-state index contributed by atoms with van der Waals surface area (Å²) in [6, 6.07) is 3.28. The molecule has 1 heterocycles. The Kier molecular flexibility index (Phi) is 5.08. The summed E-state index contributed by atoms with van der Waals surface area (Å²) in [4.78, 5) is 10.7. The van der Waals surface area contributed by atoms with Crippen LogP contribution in [0.2, 0.25) is 0 Å². The van der Waals surface area contributed by atoms with Gasteiger partial charge in [-0.25, -0.2) is 18.2 Å². The van der Waals surface area contributed by atoms with Gasteiger partial charge in [0, 0.05) is 25.1 Å². The van der Waals surface area contributed by atoms with E-state index in [1.165, 1.54) is 0 Å². The SMILES string of the molecule is CN(C)CCNc1nc(Nc2c(F)ccc(F)c2F)cc(C2CC2)n1. The molecule has 1 aliphatic carbocycles. The van der Waals surface area contributed by atoms with E-state index in [0.717, 1.165) is 37.2 Å². The van der Waals surface area contributed by atoms with Crippen LogP contribution in [0, 0.1) is 17.5 Å². The first-order valence-corrected chi connectivity index (χ1v) is 8.12. The highest BCUT2D eigenvalue weighted by Gasteiger charge is 2.26. The van der Waals surface area contributed by atoms with Crippen molar-refractivity contribution in [3.8, 4) is 0 Å². The van der Waals surface area contributed by atoms with E-state index >= 15 is 0 Å². The van der Waals surface area contributed by atoms with E-state index in [1.807, 2.05) is 19.0 Å². The molecule has 0 radical (unpaired) electrons. The molecule has 0 bridgehead atoms. The van der Waals surface area contributed by atoms with Crippen molar-refractivity contribution >= 4 is 17.5 Å². The van der Waals surface area contributed by atoms with Crippen molar-refractivity contribution in [2.24, 2.45) is 0 Å². The zero-order valence-corrected chi connectivity index (χ0v) is 14.1. The maximum Gasteiger partial charge on any atom is 0.224 e. The van der Waals surface area contributed by atoms with Gasteiger partial charge in [0.1, 0.15) is 17.3 Å². The quantitative estimate of drug-likeness (QED) is 0.748. The van der Waals surface area contributed by atoms with Crippen LogP contribution >= 0.6 is 0 Å². The Morgan fingerprint density at radius 2 is 1.84 bits per heavy atom. The fourth-order valence-corrected chi connectivity index (χ4v) is 2.36. The molecule has 5 nitrogen and oxygen atoms in total. The molecule has 0 amide bonds. The van der Waals surface area contributed by atoms with Crippen molar-refractivity contribution in [1.82, 2.24) is 14.9 Å². The van der Waals surface area contributed by atoms with Gasteiger partial charge in [-0.05, 0) is 39.1 Å². The Hall–Kier alpha value is -2.35. The Morgan fingerprint density at radius 3 is 2.52 bits per heavy atom. The Bertz CT molecular complexity index is 762. The van der Waals surface area contributed by atoms with Gasteiger partial charge in [-0.15, -0.1) is 0 Å². The predicted molar refractivity (Wildman–Crippen MR) is 90.6 cm³/mol. The van der Waals surface area contributed by atoms with Crippen LogP contribution in [0.25, 0.3) is 0 Å². The van der Waals surface area contributed by atoms with E-state index < -0.39 is 23.1 Å². The first-order chi connectivity index (χ1) is 11.9. The van der Waals surface area contributed by atoms with Crippen molar-refractivity contribution in [2.75, 3.05) is 37.8 Å². The van der Waals surface area contributed by atoms with Crippen LogP contribution in [0.1, 0.15) is 24.5 Å². The maximum absolute atomic E-state index is 13.9. The molecule has 1 fully saturated rings. The summed E-state index contributed by atoms with van der Waals surface area (Å²) in [6.07, 6.45) is 2.05. The molecule has 0 atom stereocenters. The van der Waals surface area contributed by atoms with E-state index in [9.17, 15) is 13.2 Å². The molecule has 1 aliphatic rings. The number of halogens is 3. The van der Waals surface area contributed by atoms with E-state index in [-0.39, 0.29) is 5.82 Å². The van der Waals surface area contributed by atoms with Gasteiger partial charge in [-0.1, -0.05) is 0 Å². The summed E-state index contributed by atoms with van der Waals surface area (Å²) >= 11 is 0. The molecule has 1 saturated carbocycles. The van der Waals surface area contributed by atoms with Crippen molar-refractivity contribution in [3.05, 3.63) is 41.3 Å². The molecule has 3 rings (SSSR count). The number of likely N-dealkylation sites (N-methyl/N-ethyl adjacent to an activating group) is 1.